The molecule has 0 aliphatic rings. The first-order valence-electron chi connectivity index (χ1n) is 6.36. The topological polar surface area (TPSA) is 30.5 Å². The van der Waals surface area contributed by atoms with E-state index >= 15 is 0 Å². The molecule has 16 heavy (non-hydrogen) atoms. The molecule has 0 amide bonds. The zero-order valence-electron chi connectivity index (χ0n) is 11.9. The van der Waals surface area contributed by atoms with Crippen molar-refractivity contribution in [1.29, 1.82) is 0 Å². The van der Waals surface area contributed by atoms with E-state index in [4.69, 9.17) is 8.85 Å². The van der Waals surface area contributed by atoms with Crippen molar-refractivity contribution in [3.8, 4) is 0 Å². The maximum absolute atomic E-state index is 5.80. The van der Waals surface area contributed by atoms with Crippen molar-refractivity contribution < 1.29 is 8.85 Å². The highest BCUT2D eigenvalue weighted by Gasteiger charge is 2.29. The molecule has 5 heteroatoms. The van der Waals surface area contributed by atoms with E-state index in [0.717, 1.165) is 32.2 Å². The Kier molecular flexibility index (Phi) is 7.75. The minimum Gasteiger partial charge on any atom is -0.395 e. The average molecular weight is 264 g/mol. The molecule has 0 saturated heterocycles. The molecule has 0 saturated carbocycles. The van der Waals surface area contributed by atoms with Crippen LogP contribution in [-0.2, 0) is 8.85 Å². The second-order valence-corrected chi connectivity index (χ2v) is 13.5. The van der Waals surface area contributed by atoms with Crippen LogP contribution in [-0.4, -0.2) is 36.6 Å². The van der Waals surface area contributed by atoms with E-state index in [1.54, 1.807) is 0 Å². The van der Waals surface area contributed by atoms with Crippen LogP contribution in [0.25, 0.3) is 0 Å². The number of rotatable bonds is 9. The molecule has 0 aliphatic heterocycles. The quantitative estimate of drug-likeness (QED) is 0.512. The summed E-state index contributed by atoms with van der Waals surface area (Å²) in [5.41, 5.74) is 0. The van der Waals surface area contributed by atoms with Gasteiger partial charge in [-0.15, -0.1) is 0 Å². The van der Waals surface area contributed by atoms with Gasteiger partial charge < -0.3 is 13.8 Å². The third-order valence-electron chi connectivity index (χ3n) is 2.36. The van der Waals surface area contributed by atoms with E-state index in [1.165, 1.54) is 0 Å². The van der Waals surface area contributed by atoms with Gasteiger partial charge in [0.05, 0.1) is 0 Å². The molecule has 1 N–H and O–H groups in total. The Hall–Kier alpha value is 0.314. The van der Waals surface area contributed by atoms with Crippen LogP contribution in [0.2, 0.25) is 32.2 Å². The molecule has 0 fully saturated rings. The zero-order chi connectivity index (χ0) is 12.7. The van der Waals surface area contributed by atoms with Gasteiger partial charge in [-0.3, -0.25) is 0 Å². The first kappa shape index (κ1) is 16.3. The van der Waals surface area contributed by atoms with Crippen molar-refractivity contribution in [2.24, 2.45) is 0 Å². The van der Waals surface area contributed by atoms with Crippen molar-refractivity contribution in [1.82, 2.24) is 4.98 Å². The lowest BCUT2D eigenvalue weighted by Crippen LogP contribution is -2.43. The predicted octanol–water partition coefficient (Wildman–Crippen LogP) is 2.95. The SMILES string of the molecule is CCO[Si](C)(CCCN[Si](C)(C)C)OCC. The van der Waals surface area contributed by atoms with Gasteiger partial charge in [0, 0.05) is 13.2 Å². The predicted molar refractivity (Wildman–Crippen MR) is 75.6 cm³/mol. The lowest BCUT2D eigenvalue weighted by atomic mass is 10.5. The van der Waals surface area contributed by atoms with Crippen molar-refractivity contribution in [2.75, 3.05) is 19.8 Å². The van der Waals surface area contributed by atoms with Crippen LogP contribution >= 0.6 is 0 Å². The van der Waals surface area contributed by atoms with Crippen LogP contribution in [0.15, 0.2) is 0 Å². The summed E-state index contributed by atoms with van der Waals surface area (Å²) in [6.45, 7) is 15.9. The van der Waals surface area contributed by atoms with Crippen molar-refractivity contribution in [3.05, 3.63) is 0 Å². The van der Waals surface area contributed by atoms with Gasteiger partial charge in [0.2, 0.25) is 0 Å². The Bertz CT molecular complexity index is 177. The van der Waals surface area contributed by atoms with Crippen molar-refractivity contribution in [2.45, 2.75) is 52.5 Å². The van der Waals surface area contributed by atoms with E-state index in [2.05, 4.69) is 31.2 Å². The Labute approximate surface area is 103 Å². The molecule has 0 aromatic rings. The minimum atomic E-state index is -1.87. The van der Waals surface area contributed by atoms with Gasteiger partial charge in [-0.2, -0.15) is 0 Å². The lowest BCUT2D eigenvalue weighted by molar-refractivity contribution is 0.188. The fraction of sp³-hybridized carbons (Fsp3) is 1.00. The Morgan fingerprint density at radius 1 is 0.938 bits per heavy atom. The minimum absolute atomic E-state index is 0.768. The average Bonchev–Trinajstić information content (AvgIpc) is 2.12. The van der Waals surface area contributed by atoms with Gasteiger partial charge in [-0.05, 0) is 39.4 Å². The summed E-state index contributed by atoms with van der Waals surface area (Å²) in [6.07, 6.45) is 1.16. The first-order valence-corrected chi connectivity index (χ1v) is 12.4. The molecule has 0 aliphatic carbocycles. The van der Waals surface area contributed by atoms with Crippen LogP contribution in [0, 0.1) is 0 Å². The van der Waals surface area contributed by atoms with Crippen molar-refractivity contribution >= 4 is 16.8 Å². The number of hydrogen-bond acceptors (Lipinski definition) is 3. The fourth-order valence-electron chi connectivity index (χ4n) is 1.67. The summed E-state index contributed by atoms with van der Waals surface area (Å²) in [5.74, 6) is 0. The molecular weight excluding hydrogens is 234 g/mol. The van der Waals surface area contributed by atoms with E-state index in [9.17, 15) is 0 Å². The summed E-state index contributed by atoms with van der Waals surface area (Å²) >= 11 is 0. The van der Waals surface area contributed by atoms with Crippen molar-refractivity contribution in [3.63, 3.8) is 0 Å². The molecular formula is C11H29NO2Si2. The maximum atomic E-state index is 5.80. The highest BCUT2D eigenvalue weighted by Crippen LogP contribution is 2.15. The maximum Gasteiger partial charge on any atom is 0.334 e. The third kappa shape index (κ3) is 8.46. The van der Waals surface area contributed by atoms with Gasteiger partial charge in [0.1, 0.15) is 8.24 Å². The van der Waals surface area contributed by atoms with Gasteiger partial charge in [0.25, 0.3) is 0 Å². The number of nitrogens with one attached hydrogen (secondary N) is 1. The monoisotopic (exact) mass is 263 g/mol. The molecule has 0 rings (SSSR count). The molecule has 0 unspecified atom stereocenters. The molecule has 3 nitrogen and oxygen atoms in total. The van der Waals surface area contributed by atoms with E-state index in [-0.39, 0.29) is 0 Å². The molecule has 98 valence electrons. The smallest absolute Gasteiger partial charge is 0.334 e. The highest BCUT2D eigenvalue weighted by atomic mass is 28.4. The van der Waals surface area contributed by atoms with Gasteiger partial charge in [-0.1, -0.05) is 19.6 Å². The van der Waals surface area contributed by atoms with Crippen LogP contribution in [0.3, 0.4) is 0 Å². The second kappa shape index (κ2) is 7.60. The first-order chi connectivity index (χ1) is 7.33. The van der Waals surface area contributed by atoms with E-state index in [1.807, 2.05) is 13.8 Å². The largest absolute Gasteiger partial charge is 0.395 e. The van der Waals surface area contributed by atoms with E-state index < -0.39 is 16.8 Å². The molecule has 0 bridgehead atoms. The van der Waals surface area contributed by atoms with Gasteiger partial charge in [0.15, 0.2) is 0 Å². The molecule has 0 spiro atoms. The summed E-state index contributed by atoms with van der Waals surface area (Å²) in [6, 6.07) is 1.09. The van der Waals surface area contributed by atoms with E-state index in [0.29, 0.717) is 0 Å². The van der Waals surface area contributed by atoms with Crippen LogP contribution in [0.1, 0.15) is 20.3 Å². The molecule has 0 aromatic carbocycles. The van der Waals surface area contributed by atoms with Crippen LogP contribution in [0.5, 0.6) is 0 Å². The van der Waals surface area contributed by atoms with Crippen LogP contribution in [0.4, 0.5) is 0 Å². The Morgan fingerprint density at radius 2 is 1.44 bits per heavy atom. The van der Waals surface area contributed by atoms with Crippen LogP contribution < -0.4 is 4.98 Å². The van der Waals surface area contributed by atoms with Gasteiger partial charge in [-0.25, -0.2) is 0 Å². The standard InChI is InChI=1S/C11H29NO2Si2/c1-7-13-16(6,14-8-2)11-9-10-12-15(3,4)5/h12H,7-11H2,1-6H3. The summed E-state index contributed by atoms with van der Waals surface area (Å²) in [7, 11) is -2.98. The fourth-order valence-corrected chi connectivity index (χ4v) is 5.01. The zero-order valence-corrected chi connectivity index (χ0v) is 13.9. The summed E-state index contributed by atoms with van der Waals surface area (Å²) < 4.78 is 11.6. The Morgan fingerprint density at radius 3 is 1.81 bits per heavy atom. The summed E-state index contributed by atoms with van der Waals surface area (Å²) in [5, 5.41) is 0. The number of hydrogen-bond donors (Lipinski definition) is 1. The Balaban J connectivity index is 3.84. The normalized spacial score (nSPS) is 13.1. The summed E-state index contributed by atoms with van der Waals surface area (Å²) in [4.78, 5) is 3.63. The molecule has 0 radical (unpaired) electrons. The third-order valence-corrected chi connectivity index (χ3v) is 6.73. The molecule has 0 heterocycles. The van der Waals surface area contributed by atoms with Gasteiger partial charge >= 0.3 is 8.56 Å². The second-order valence-electron chi connectivity index (χ2n) is 5.28. The lowest BCUT2D eigenvalue weighted by Gasteiger charge is -2.26. The molecule has 0 aromatic heterocycles. The highest BCUT2D eigenvalue weighted by molar-refractivity contribution is 6.73. The molecule has 0 atom stereocenters.